The van der Waals surface area contributed by atoms with E-state index < -0.39 is 5.92 Å². The van der Waals surface area contributed by atoms with Crippen molar-refractivity contribution in [2.45, 2.75) is 32.2 Å². The van der Waals surface area contributed by atoms with Crippen molar-refractivity contribution >= 4 is 11.8 Å². The highest BCUT2D eigenvalue weighted by Gasteiger charge is 2.40. The third-order valence-corrected chi connectivity index (χ3v) is 3.51. The number of likely N-dealkylation sites (tertiary alicyclic amines) is 1. The van der Waals surface area contributed by atoms with Gasteiger partial charge < -0.3 is 9.47 Å². The second-order valence-corrected chi connectivity index (χ2v) is 5.07. The summed E-state index contributed by atoms with van der Waals surface area (Å²) in [6.07, 6.45) is 0.215. The second kappa shape index (κ2) is 5.53. The number of benzene rings is 1. The molecule has 1 saturated heterocycles. The topological polar surface area (TPSA) is 55.8 Å². The summed E-state index contributed by atoms with van der Waals surface area (Å²) in [7, 11) is 3.10. The first kappa shape index (κ1) is 14.4. The maximum atomic E-state index is 12.3. The molecule has 0 radical (unpaired) electrons. The van der Waals surface area contributed by atoms with Crippen LogP contribution in [0.15, 0.2) is 18.2 Å². The smallest absolute Gasteiger partial charge is 0.237 e. The second-order valence-electron chi connectivity index (χ2n) is 5.07. The van der Waals surface area contributed by atoms with Gasteiger partial charge in [0.2, 0.25) is 11.8 Å². The van der Waals surface area contributed by atoms with Crippen LogP contribution in [0.25, 0.3) is 0 Å². The molecule has 0 N–H and O–H groups in total. The van der Waals surface area contributed by atoms with Crippen LogP contribution in [0.4, 0.5) is 0 Å². The molecule has 5 nitrogen and oxygen atoms in total. The van der Waals surface area contributed by atoms with Crippen molar-refractivity contribution in [1.29, 1.82) is 0 Å². The van der Waals surface area contributed by atoms with Gasteiger partial charge in [0, 0.05) is 12.5 Å². The fourth-order valence-electron chi connectivity index (χ4n) is 2.52. The van der Waals surface area contributed by atoms with Crippen molar-refractivity contribution in [2.24, 2.45) is 0 Å². The highest BCUT2D eigenvalue weighted by atomic mass is 16.5. The summed E-state index contributed by atoms with van der Waals surface area (Å²) in [6, 6.07) is 5.21. The minimum Gasteiger partial charge on any atom is -0.493 e. The average molecular weight is 277 g/mol. The van der Waals surface area contributed by atoms with Gasteiger partial charge in [0.15, 0.2) is 11.5 Å². The molecule has 0 spiro atoms. The molecule has 0 bridgehead atoms. The molecule has 1 aromatic carbocycles. The van der Waals surface area contributed by atoms with Crippen LogP contribution in [0.3, 0.4) is 0 Å². The molecule has 0 saturated carbocycles. The Morgan fingerprint density at radius 2 is 1.80 bits per heavy atom. The van der Waals surface area contributed by atoms with E-state index in [4.69, 9.17) is 9.47 Å². The molecule has 108 valence electrons. The molecule has 1 unspecified atom stereocenters. The van der Waals surface area contributed by atoms with Crippen LogP contribution in [0.1, 0.15) is 31.7 Å². The van der Waals surface area contributed by atoms with Crippen LogP contribution in [0.5, 0.6) is 11.5 Å². The first-order chi connectivity index (χ1) is 9.49. The van der Waals surface area contributed by atoms with Gasteiger partial charge in [-0.2, -0.15) is 0 Å². The van der Waals surface area contributed by atoms with Gasteiger partial charge in [-0.25, -0.2) is 0 Å². The molecule has 1 atom stereocenters. The zero-order valence-electron chi connectivity index (χ0n) is 12.2. The van der Waals surface area contributed by atoms with Crippen molar-refractivity contribution in [3.63, 3.8) is 0 Å². The van der Waals surface area contributed by atoms with E-state index in [9.17, 15) is 9.59 Å². The number of hydrogen-bond donors (Lipinski definition) is 0. The van der Waals surface area contributed by atoms with Crippen LogP contribution in [-0.2, 0) is 9.59 Å². The van der Waals surface area contributed by atoms with Crippen molar-refractivity contribution in [1.82, 2.24) is 4.90 Å². The van der Waals surface area contributed by atoms with Gasteiger partial charge in [-0.05, 0) is 31.5 Å². The quantitative estimate of drug-likeness (QED) is 0.789. The van der Waals surface area contributed by atoms with E-state index in [1.165, 1.54) is 4.90 Å². The van der Waals surface area contributed by atoms with Crippen LogP contribution < -0.4 is 9.47 Å². The van der Waals surface area contributed by atoms with Crippen LogP contribution in [-0.4, -0.2) is 37.0 Å². The van der Waals surface area contributed by atoms with Crippen molar-refractivity contribution < 1.29 is 19.1 Å². The Kier molecular flexibility index (Phi) is 3.97. The number of carbonyl (C=O) groups is 2. The molecule has 1 aliphatic rings. The standard InChI is InChI=1S/C15H19NO4/c1-9(2)16-14(17)8-11(15(16)18)10-5-6-12(19-3)13(7-10)20-4/h5-7,9,11H,8H2,1-4H3. The van der Waals surface area contributed by atoms with E-state index >= 15 is 0 Å². The Hall–Kier alpha value is -2.04. The number of methoxy groups -OCH3 is 2. The number of ether oxygens (including phenoxy) is 2. The minimum atomic E-state index is -0.426. The molecule has 1 aliphatic heterocycles. The maximum absolute atomic E-state index is 12.3. The highest BCUT2D eigenvalue weighted by molar-refractivity contribution is 6.06. The lowest BCUT2D eigenvalue weighted by Gasteiger charge is -2.19. The van der Waals surface area contributed by atoms with Crippen molar-refractivity contribution in [3.05, 3.63) is 23.8 Å². The Labute approximate surface area is 118 Å². The van der Waals surface area contributed by atoms with Gasteiger partial charge in [-0.1, -0.05) is 6.07 Å². The molecular weight excluding hydrogens is 258 g/mol. The zero-order valence-corrected chi connectivity index (χ0v) is 12.2. The predicted molar refractivity (Wildman–Crippen MR) is 73.9 cm³/mol. The number of rotatable bonds is 4. The van der Waals surface area contributed by atoms with Gasteiger partial charge in [0.1, 0.15) is 0 Å². The molecule has 2 rings (SSSR count). The molecule has 20 heavy (non-hydrogen) atoms. The average Bonchev–Trinajstić information content (AvgIpc) is 2.73. The van der Waals surface area contributed by atoms with E-state index in [1.807, 2.05) is 13.8 Å². The number of nitrogens with zero attached hydrogens (tertiary/aromatic N) is 1. The van der Waals surface area contributed by atoms with E-state index in [-0.39, 0.29) is 24.3 Å². The SMILES string of the molecule is COc1ccc(C2CC(=O)N(C(C)C)C2=O)cc1OC. The van der Waals surface area contributed by atoms with E-state index in [1.54, 1.807) is 32.4 Å². The van der Waals surface area contributed by atoms with Gasteiger partial charge in [-0.15, -0.1) is 0 Å². The van der Waals surface area contributed by atoms with E-state index in [0.717, 1.165) is 5.56 Å². The number of hydrogen-bond acceptors (Lipinski definition) is 4. The van der Waals surface area contributed by atoms with Crippen LogP contribution >= 0.6 is 0 Å². The Morgan fingerprint density at radius 1 is 1.15 bits per heavy atom. The Bertz CT molecular complexity index is 539. The van der Waals surface area contributed by atoms with Gasteiger partial charge in [0.05, 0.1) is 20.1 Å². The fraction of sp³-hybridized carbons (Fsp3) is 0.467. The summed E-state index contributed by atoms with van der Waals surface area (Å²) in [5.74, 6) is 0.480. The lowest BCUT2D eigenvalue weighted by atomic mass is 9.97. The number of amides is 2. The molecule has 1 fully saturated rings. The largest absolute Gasteiger partial charge is 0.493 e. The normalized spacial score (nSPS) is 18.9. The summed E-state index contributed by atoms with van der Waals surface area (Å²) in [6.45, 7) is 3.68. The summed E-state index contributed by atoms with van der Waals surface area (Å²) in [4.78, 5) is 25.6. The van der Waals surface area contributed by atoms with Crippen LogP contribution in [0.2, 0.25) is 0 Å². The first-order valence-corrected chi connectivity index (χ1v) is 6.57. The molecule has 2 amide bonds. The van der Waals surface area contributed by atoms with E-state index in [0.29, 0.717) is 11.5 Å². The van der Waals surface area contributed by atoms with Crippen LogP contribution in [0, 0.1) is 0 Å². The molecule has 0 aliphatic carbocycles. The summed E-state index contributed by atoms with van der Waals surface area (Å²) in [5.41, 5.74) is 0.782. The molecule has 1 heterocycles. The predicted octanol–water partition coefficient (Wildman–Crippen LogP) is 1.95. The third-order valence-electron chi connectivity index (χ3n) is 3.51. The van der Waals surface area contributed by atoms with Crippen molar-refractivity contribution in [3.8, 4) is 11.5 Å². The summed E-state index contributed by atoms with van der Waals surface area (Å²) in [5, 5.41) is 0. The van der Waals surface area contributed by atoms with Gasteiger partial charge in [-0.3, -0.25) is 14.5 Å². The molecule has 0 aromatic heterocycles. The summed E-state index contributed by atoms with van der Waals surface area (Å²) < 4.78 is 10.4. The fourth-order valence-corrected chi connectivity index (χ4v) is 2.52. The Morgan fingerprint density at radius 3 is 2.30 bits per heavy atom. The number of imide groups is 1. The summed E-state index contributed by atoms with van der Waals surface area (Å²) >= 11 is 0. The van der Waals surface area contributed by atoms with Gasteiger partial charge >= 0.3 is 0 Å². The van der Waals surface area contributed by atoms with Crippen molar-refractivity contribution in [2.75, 3.05) is 14.2 Å². The zero-order chi connectivity index (χ0) is 14.9. The Balaban J connectivity index is 2.33. The molecule has 1 aromatic rings. The highest BCUT2D eigenvalue weighted by Crippen LogP contribution is 2.36. The first-order valence-electron chi connectivity index (χ1n) is 6.57. The monoisotopic (exact) mass is 277 g/mol. The number of carbonyl (C=O) groups excluding carboxylic acids is 2. The molecular formula is C15H19NO4. The minimum absolute atomic E-state index is 0.111. The molecule has 5 heteroatoms. The van der Waals surface area contributed by atoms with E-state index in [2.05, 4.69) is 0 Å². The lowest BCUT2D eigenvalue weighted by molar-refractivity contribution is -0.140. The van der Waals surface area contributed by atoms with Gasteiger partial charge in [0.25, 0.3) is 0 Å². The lowest BCUT2D eigenvalue weighted by Crippen LogP contribution is -2.36. The maximum Gasteiger partial charge on any atom is 0.237 e. The third kappa shape index (κ3) is 2.35.